The van der Waals surface area contributed by atoms with Gasteiger partial charge >= 0.3 is 6.03 Å². The Morgan fingerprint density at radius 1 is 1.15 bits per heavy atom. The highest BCUT2D eigenvalue weighted by atomic mass is 35.5. The molecule has 1 aliphatic carbocycles. The van der Waals surface area contributed by atoms with Crippen LogP contribution in [0.5, 0.6) is 5.75 Å². The number of aliphatic hydroxyl groups is 2. The van der Waals surface area contributed by atoms with Crippen molar-refractivity contribution in [3.05, 3.63) is 54.9 Å². The van der Waals surface area contributed by atoms with Crippen LogP contribution in [0.3, 0.4) is 0 Å². The van der Waals surface area contributed by atoms with Gasteiger partial charge in [0, 0.05) is 18.2 Å². The van der Waals surface area contributed by atoms with E-state index in [1.165, 1.54) is 0 Å². The van der Waals surface area contributed by atoms with Gasteiger partial charge < -0.3 is 25.6 Å². The van der Waals surface area contributed by atoms with Crippen molar-refractivity contribution >= 4 is 24.1 Å². The third kappa shape index (κ3) is 5.82. The van der Waals surface area contributed by atoms with Gasteiger partial charge in [0.05, 0.1) is 30.7 Å². The number of benzene rings is 1. The summed E-state index contributed by atoms with van der Waals surface area (Å²) in [5.41, 5.74) is 0.0482. The number of aromatic nitrogens is 1. The van der Waals surface area contributed by atoms with Crippen molar-refractivity contribution in [2.45, 2.75) is 25.0 Å². The van der Waals surface area contributed by atoms with Gasteiger partial charge in [-0.25, -0.2) is 4.79 Å². The molecule has 0 saturated heterocycles. The van der Waals surface area contributed by atoms with E-state index < -0.39 is 17.6 Å². The number of ether oxygens (including phenoxy) is 1. The normalized spacial score (nSPS) is 23.9. The summed E-state index contributed by atoms with van der Waals surface area (Å²) in [5, 5.41) is 25.5. The Morgan fingerprint density at radius 3 is 2.48 bits per heavy atom. The first-order valence-corrected chi connectivity index (χ1v) is 8.55. The molecule has 0 spiro atoms. The minimum Gasteiger partial charge on any atom is -0.493 e. The van der Waals surface area contributed by atoms with Crippen LogP contribution in [-0.2, 0) is 0 Å². The zero-order chi connectivity index (χ0) is 18.4. The SMILES string of the molecule is Cl.O=C(NCC1(COc2ccccc2)C[C@@H](O)[C@@H](O)C1)Nc1cccnc1. The summed E-state index contributed by atoms with van der Waals surface area (Å²) >= 11 is 0. The molecule has 0 radical (unpaired) electrons. The van der Waals surface area contributed by atoms with Crippen molar-refractivity contribution in [1.82, 2.24) is 10.3 Å². The fourth-order valence-electron chi connectivity index (χ4n) is 3.19. The number of pyridine rings is 1. The zero-order valence-electron chi connectivity index (χ0n) is 14.7. The number of hydrogen-bond donors (Lipinski definition) is 4. The van der Waals surface area contributed by atoms with Gasteiger partial charge in [0.1, 0.15) is 5.75 Å². The molecule has 4 N–H and O–H groups in total. The van der Waals surface area contributed by atoms with Crippen molar-refractivity contribution in [3.63, 3.8) is 0 Å². The van der Waals surface area contributed by atoms with Crippen molar-refractivity contribution in [2.24, 2.45) is 5.41 Å². The van der Waals surface area contributed by atoms with Gasteiger partial charge in [-0.15, -0.1) is 12.4 Å². The number of amides is 2. The number of para-hydroxylation sites is 1. The molecule has 2 amide bonds. The molecule has 3 rings (SSSR count). The first-order valence-electron chi connectivity index (χ1n) is 8.55. The molecule has 1 aromatic carbocycles. The van der Waals surface area contributed by atoms with Crippen LogP contribution >= 0.6 is 12.4 Å². The molecule has 27 heavy (non-hydrogen) atoms. The third-order valence-corrected chi connectivity index (χ3v) is 4.56. The van der Waals surface area contributed by atoms with Crippen LogP contribution in [0.25, 0.3) is 0 Å². The second-order valence-electron chi connectivity index (χ2n) is 6.69. The highest BCUT2D eigenvalue weighted by Crippen LogP contribution is 2.38. The van der Waals surface area contributed by atoms with Crippen LogP contribution in [0.4, 0.5) is 10.5 Å². The first kappa shape index (κ1) is 21.0. The number of halogens is 1. The molecule has 1 aromatic heterocycles. The summed E-state index contributed by atoms with van der Waals surface area (Å²) in [6, 6.07) is 12.4. The van der Waals surface area contributed by atoms with E-state index in [2.05, 4.69) is 15.6 Å². The number of rotatable bonds is 6. The topological polar surface area (TPSA) is 104 Å². The van der Waals surface area contributed by atoms with Gasteiger partial charge in [0.25, 0.3) is 0 Å². The molecular weight excluding hydrogens is 370 g/mol. The van der Waals surface area contributed by atoms with Crippen LogP contribution in [0.1, 0.15) is 12.8 Å². The summed E-state index contributed by atoms with van der Waals surface area (Å²) in [6.45, 7) is 0.568. The second-order valence-corrected chi connectivity index (χ2v) is 6.69. The Balaban J connectivity index is 0.00000261. The molecule has 8 heteroatoms. The van der Waals surface area contributed by atoms with E-state index in [1.54, 1.807) is 24.5 Å². The lowest BCUT2D eigenvalue weighted by molar-refractivity contribution is 0.0438. The Kier molecular flexibility index (Phi) is 7.41. The van der Waals surface area contributed by atoms with Gasteiger partial charge in [-0.05, 0) is 37.1 Å². The Bertz CT molecular complexity index is 707. The minimum atomic E-state index is -0.822. The molecule has 3 atom stereocenters. The molecule has 2 aromatic rings. The smallest absolute Gasteiger partial charge is 0.319 e. The van der Waals surface area contributed by atoms with E-state index in [9.17, 15) is 15.0 Å². The molecule has 0 bridgehead atoms. The molecule has 0 aliphatic heterocycles. The maximum Gasteiger partial charge on any atom is 0.319 e. The van der Waals surface area contributed by atoms with E-state index in [4.69, 9.17) is 4.74 Å². The second kappa shape index (κ2) is 9.55. The predicted molar refractivity (Wildman–Crippen MR) is 104 cm³/mol. The summed E-state index contributed by atoms with van der Waals surface area (Å²) in [4.78, 5) is 16.1. The van der Waals surface area contributed by atoms with Crippen LogP contribution < -0.4 is 15.4 Å². The first-order chi connectivity index (χ1) is 12.6. The fraction of sp³-hybridized carbons (Fsp3) is 0.368. The molecule has 7 nitrogen and oxygen atoms in total. The number of urea groups is 1. The lowest BCUT2D eigenvalue weighted by Crippen LogP contribution is -2.42. The van der Waals surface area contributed by atoms with Crippen LogP contribution in [0.2, 0.25) is 0 Å². The van der Waals surface area contributed by atoms with Gasteiger partial charge in [-0.3, -0.25) is 4.98 Å². The molecule has 1 aliphatic rings. The standard InChI is InChI=1S/C19H23N3O4.ClH/c23-16-9-19(10-17(16)24,13-26-15-6-2-1-3-7-15)12-21-18(25)22-14-5-4-8-20-11-14;/h1-8,11,16-17,23-24H,9-10,12-13H2,(H2,21,22,25);1H/t16-,17+,19?;. The monoisotopic (exact) mass is 393 g/mol. The molecule has 1 heterocycles. The number of aliphatic hydroxyl groups excluding tert-OH is 2. The van der Waals surface area contributed by atoms with E-state index in [0.29, 0.717) is 24.3 Å². The van der Waals surface area contributed by atoms with Gasteiger partial charge in [0.2, 0.25) is 0 Å². The summed E-state index contributed by atoms with van der Waals surface area (Å²) < 4.78 is 5.84. The minimum absolute atomic E-state index is 0. The van der Waals surface area contributed by atoms with Crippen LogP contribution in [0, 0.1) is 5.41 Å². The highest BCUT2D eigenvalue weighted by Gasteiger charge is 2.45. The molecule has 1 fully saturated rings. The summed E-state index contributed by atoms with van der Waals surface area (Å²) in [6.07, 6.45) is 2.25. The lowest BCUT2D eigenvalue weighted by Gasteiger charge is -2.29. The Morgan fingerprint density at radius 2 is 1.85 bits per heavy atom. The average Bonchev–Trinajstić information content (AvgIpc) is 2.95. The molecular formula is C19H24ClN3O4. The Hall–Kier alpha value is -2.35. The largest absolute Gasteiger partial charge is 0.493 e. The number of carbonyl (C=O) groups is 1. The van der Waals surface area contributed by atoms with Gasteiger partial charge in [0.15, 0.2) is 0 Å². The van der Waals surface area contributed by atoms with E-state index >= 15 is 0 Å². The average molecular weight is 394 g/mol. The van der Waals surface area contributed by atoms with Crippen molar-refractivity contribution < 1.29 is 19.7 Å². The molecule has 146 valence electrons. The Labute approximate surface area is 164 Å². The number of hydrogen-bond acceptors (Lipinski definition) is 5. The third-order valence-electron chi connectivity index (χ3n) is 4.56. The van der Waals surface area contributed by atoms with Crippen LogP contribution in [0.15, 0.2) is 54.9 Å². The zero-order valence-corrected chi connectivity index (χ0v) is 15.6. The van der Waals surface area contributed by atoms with E-state index in [1.807, 2.05) is 30.3 Å². The van der Waals surface area contributed by atoms with Gasteiger partial charge in [-0.1, -0.05) is 18.2 Å². The summed E-state index contributed by atoms with van der Waals surface area (Å²) in [5.74, 6) is 0.711. The van der Waals surface area contributed by atoms with Crippen molar-refractivity contribution in [3.8, 4) is 5.75 Å². The molecule has 1 saturated carbocycles. The van der Waals surface area contributed by atoms with Crippen LogP contribution in [-0.4, -0.2) is 46.6 Å². The predicted octanol–water partition coefficient (Wildman–Crippen LogP) is 2.21. The van der Waals surface area contributed by atoms with Gasteiger partial charge in [-0.2, -0.15) is 0 Å². The number of anilines is 1. The number of nitrogens with one attached hydrogen (secondary N) is 2. The maximum absolute atomic E-state index is 12.1. The van der Waals surface area contributed by atoms with Crippen molar-refractivity contribution in [1.29, 1.82) is 0 Å². The highest BCUT2D eigenvalue weighted by molar-refractivity contribution is 5.88. The van der Waals surface area contributed by atoms with E-state index in [0.717, 1.165) is 0 Å². The fourth-order valence-corrected chi connectivity index (χ4v) is 3.19. The number of carbonyl (C=O) groups excluding carboxylic acids is 1. The number of nitrogens with zero attached hydrogens (tertiary/aromatic N) is 1. The molecule has 1 unspecified atom stereocenters. The van der Waals surface area contributed by atoms with Crippen molar-refractivity contribution in [2.75, 3.05) is 18.5 Å². The maximum atomic E-state index is 12.1. The lowest BCUT2D eigenvalue weighted by atomic mass is 9.86. The summed E-state index contributed by atoms with van der Waals surface area (Å²) in [7, 11) is 0. The van der Waals surface area contributed by atoms with E-state index in [-0.39, 0.29) is 31.6 Å². The quantitative estimate of drug-likeness (QED) is 0.602.